The molecule has 0 aliphatic carbocycles. The van der Waals surface area contributed by atoms with Crippen LogP contribution in [-0.2, 0) is 9.47 Å². The molecule has 0 aromatic carbocycles. The quantitative estimate of drug-likeness (QED) is 0.624. The molecule has 0 bridgehead atoms. The van der Waals surface area contributed by atoms with Crippen molar-refractivity contribution in [1.82, 2.24) is 4.90 Å². The average Bonchev–Trinajstić information content (AvgIpc) is 2.43. The molecule has 5 heteroatoms. The molecule has 1 atom stereocenters. The van der Waals surface area contributed by atoms with Crippen LogP contribution >= 0.6 is 0 Å². The van der Waals surface area contributed by atoms with Crippen molar-refractivity contribution in [3.8, 4) is 0 Å². The van der Waals surface area contributed by atoms with E-state index in [0.29, 0.717) is 0 Å². The van der Waals surface area contributed by atoms with Gasteiger partial charge in [-0.15, -0.1) is 0 Å². The Balaban J connectivity index is 2.62. The molecule has 1 aliphatic heterocycles. The lowest BCUT2D eigenvalue weighted by molar-refractivity contribution is 0.0339. The van der Waals surface area contributed by atoms with Gasteiger partial charge >= 0.3 is 12.2 Å². The molecule has 0 radical (unpaired) electrons. The van der Waals surface area contributed by atoms with Gasteiger partial charge in [-0.3, -0.25) is 0 Å². The summed E-state index contributed by atoms with van der Waals surface area (Å²) >= 11 is 0. The molecule has 2 amide bonds. The molecule has 0 aromatic heterocycles. The second-order valence-electron chi connectivity index (χ2n) is 4.25. The third-order valence-corrected chi connectivity index (χ3v) is 1.71. The fourth-order valence-electron chi connectivity index (χ4n) is 1.07. The van der Waals surface area contributed by atoms with Gasteiger partial charge in [0, 0.05) is 0 Å². The molecule has 0 aromatic rings. The molecule has 84 valence electrons. The number of rotatable bonds is 1. The van der Waals surface area contributed by atoms with Crippen molar-refractivity contribution in [3.05, 3.63) is 12.7 Å². The number of hydrogen-bond acceptors (Lipinski definition) is 4. The average molecular weight is 213 g/mol. The zero-order valence-electron chi connectivity index (χ0n) is 9.15. The summed E-state index contributed by atoms with van der Waals surface area (Å²) in [5.74, 6) is 0. The predicted octanol–water partition coefficient (Wildman–Crippen LogP) is 1.93. The minimum atomic E-state index is -0.686. The first kappa shape index (κ1) is 11.6. The fourth-order valence-corrected chi connectivity index (χ4v) is 1.07. The van der Waals surface area contributed by atoms with Crippen molar-refractivity contribution in [1.29, 1.82) is 0 Å². The Morgan fingerprint density at radius 1 is 1.67 bits per heavy atom. The largest absolute Gasteiger partial charge is 0.443 e. The molecule has 15 heavy (non-hydrogen) atoms. The van der Waals surface area contributed by atoms with Crippen LogP contribution in [0.1, 0.15) is 20.8 Å². The summed E-state index contributed by atoms with van der Waals surface area (Å²) in [4.78, 5) is 23.7. The van der Waals surface area contributed by atoms with Gasteiger partial charge in [-0.2, -0.15) is 0 Å². The van der Waals surface area contributed by atoms with Crippen molar-refractivity contribution < 1.29 is 19.1 Å². The second kappa shape index (κ2) is 3.92. The first-order chi connectivity index (χ1) is 6.83. The molecule has 1 saturated heterocycles. The van der Waals surface area contributed by atoms with Crippen LogP contribution in [0.4, 0.5) is 9.59 Å². The number of ether oxygens (including phenoxy) is 2. The Morgan fingerprint density at radius 3 is 2.67 bits per heavy atom. The zero-order chi connectivity index (χ0) is 11.6. The summed E-state index contributed by atoms with van der Waals surface area (Å²) in [7, 11) is 0. The SMILES string of the molecule is C=C[C@H]1CN(C(=O)OC(C)(C)C)C(=O)O1. The van der Waals surface area contributed by atoms with E-state index >= 15 is 0 Å². The van der Waals surface area contributed by atoms with Crippen molar-refractivity contribution in [2.24, 2.45) is 0 Å². The molecule has 5 nitrogen and oxygen atoms in total. The predicted molar refractivity (Wildman–Crippen MR) is 53.4 cm³/mol. The maximum absolute atomic E-state index is 11.5. The minimum Gasteiger partial charge on any atom is -0.443 e. The molecule has 1 fully saturated rings. The van der Waals surface area contributed by atoms with E-state index in [9.17, 15) is 9.59 Å². The Morgan fingerprint density at radius 2 is 2.27 bits per heavy atom. The maximum atomic E-state index is 11.5. The number of imide groups is 1. The van der Waals surface area contributed by atoms with Crippen LogP contribution in [-0.4, -0.2) is 35.3 Å². The molecule has 0 spiro atoms. The topological polar surface area (TPSA) is 55.8 Å². The molecular weight excluding hydrogens is 198 g/mol. The summed E-state index contributed by atoms with van der Waals surface area (Å²) in [6.07, 6.45) is -0.335. The molecule has 0 unspecified atom stereocenters. The Hall–Kier alpha value is -1.52. The van der Waals surface area contributed by atoms with Gasteiger partial charge < -0.3 is 9.47 Å². The Kier molecular flexibility index (Phi) is 3.02. The summed E-state index contributed by atoms with van der Waals surface area (Å²) < 4.78 is 9.86. The van der Waals surface area contributed by atoms with Crippen molar-refractivity contribution >= 4 is 12.2 Å². The lowest BCUT2D eigenvalue weighted by Gasteiger charge is -2.21. The van der Waals surface area contributed by atoms with Crippen molar-refractivity contribution in [2.45, 2.75) is 32.5 Å². The maximum Gasteiger partial charge on any atom is 0.420 e. The minimum absolute atomic E-state index is 0.164. The van der Waals surface area contributed by atoms with E-state index in [1.165, 1.54) is 6.08 Å². The van der Waals surface area contributed by atoms with Crippen LogP contribution in [0.25, 0.3) is 0 Å². The van der Waals surface area contributed by atoms with Crippen LogP contribution in [0.3, 0.4) is 0 Å². The first-order valence-electron chi connectivity index (χ1n) is 4.67. The molecule has 1 heterocycles. The number of nitrogens with zero attached hydrogens (tertiary/aromatic N) is 1. The van der Waals surface area contributed by atoms with Gasteiger partial charge in [-0.25, -0.2) is 14.5 Å². The summed E-state index contributed by atoms with van der Waals surface area (Å²) in [6.45, 7) is 8.85. The number of amides is 2. The van der Waals surface area contributed by atoms with E-state index < -0.39 is 23.9 Å². The summed E-state index contributed by atoms with van der Waals surface area (Å²) in [5, 5.41) is 0. The van der Waals surface area contributed by atoms with Crippen LogP contribution in [0.15, 0.2) is 12.7 Å². The van der Waals surface area contributed by atoms with Gasteiger partial charge in [-0.1, -0.05) is 6.58 Å². The molecule has 0 N–H and O–H groups in total. The monoisotopic (exact) mass is 213 g/mol. The summed E-state index contributed by atoms with van der Waals surface area (Å²) in [5.41, 5.74) is -0.621. The van der Waals surface area contributed by atoms with E-state index in [-0.39, 0.29) is 6.54 Å². The van der Waals surface area contributed by atoms with E-state index in [1.807, 2.05) is 0 Å². The van der Waals surface area contributed by atoms with Crippen LogP contribution in [0.2, 0.25) is 0 Å². The van der Waals surface area contributed by atoms with E-state index in [4.69, 9.17) is 9.47 Å². The van der Waals surface area contributed by atoms with Crippen LogP contribution in [0, 0.1) is 0 Å². The van der Waals surface area contributed by atoms with E-state index in [1.54, 1.807) is 20.8 Å². The fraction of sp³-hybridized carbons (Fsp3) is 0.600. The van der Waals surface area contributed by atoms with Gasteiger partial charge in [0.15, 0.2) is 0 Å². The van der Waals surface area contributed by atoms with Gasteiger partial charge in [0.05, 0.1) is 6.54 Å². The van der Waals surface area contributed by atoms with Crippen molar-refractivity contribution in [3.63, 3.8) is 0 Å². The highest BCUT2D eigenvalue weighted by molar-refractivity contribution is 5.89. The molecule has 1 rings (SSSR count). The summed E-state index contributed by atoms with van der Waals surface area (Å²) in [6, 6.07) is 0. The van der Waals surface area contributed by atoms with Gasteiger partial charge in [-0.05, 0) is 26.8 Å². The molecule has 1 aliphatic rings. The van der Waals surface area contributed by atoms with E-state index in [2.05, 4.69) is 6.58 Å². The first-order valence-corrected chi connectivity index (χ1v) is 4.67. The lowest BCUT2D eigenvalue weighted by Crippen LogP contribution is -2.37. The van der Waals surface area contributed by atoms with Crippen LogP contribution < -0.4 is 0 Å². The van der Waals surface area contributed by atoms with E-state index in [0.717, 1.165) is 4.90 Å². The Labute approximate surface area is 88.6 Å². The number of cyclic esters (lactones) is 1. The molecule has 0 saturated carbocycles. The van der Waals surface area contributed by atoms with Gasteiger partial charge in [0.25, 0.3) is 0 Å². The Bertz CT molecular complexity index is 292. The van der Waals surface area contributed by atoms with Crippen molar-refractivity contribution in [2.75, 3.05) is 6.54 Å². The number of carbonyl (C=O) groups is 2. The lowest BCUT2D eigenvalue weighted by atomic mass is 10.2. The smallest absolute Gasteiger partial charge is 0.420 e. The highest BCUT2D eigenvalue weighted by atomic mass is 16.6. The highest BCUT2D eigenvalue weighted by Crippen LogP contribution is 2.16. The van der Waals surface area contributed by atoms with Crippen LogP contribution in [0.5, 0.6) is 0 Å². The van der Waals surface area contributed by atoms with Gasteiger partial charge in [0.2, 0.25) is 0 Å². The highest BCUT2D eigenvalue weighted by Gasteiger charge is 2.36. The van der Waals surface area contributed by atoms with Gasteiger partial charge in [0.1, 0.15) is 11.7 Å². The second-order valence-corrected chi connectivity index (χ2v) is 4.25. The number of carbonyl (C=O) groups excluding carboxylic acids is 2. The normalized spacial score (nSPS) is 21.1. The third-order valence-electron chi connectivity index (χ3n) is 1.71. The standard InChI is InChI=1S/C10H15NO4/c1-5-7-6-11(8(12)14-7)9(13)15-10(2,3)4/h5,7H,1,6H2,2-4H3/t7-/m0/s1. The number of hydrogen-bond donors (Lipinski definition) is 0. The zero-order valence-corrected chi connectivity index (χ0v) is 9.15. The third kappa shape index (κ3) is 2.97. The molecular formula is C10H15NO4.